The van der Waals surface area contributed by atoms with E-state index in [-0.39, 0.29) is 11.7 Å². The standard InChI is InChI=1S/C21H25N3O2/c1-17(25)24(19-6-4-3-5-7-19)20-10-8-18(9-11-20)21(26)16-23-14-12-22(2)13-15-23/h3-11H,12-16H2,1-2H3. The van der Waals surface area contributed by atoms with E-state index < -0.39 is 0 Å². The van der Waals surface area contributed by atoms with E-state index in [1.807, 2.05) is 54.6 Å². The van der Waals surface area contributed by atoms with Crippen molar-refractivity contribution in [3.63, 3.8) is 0 Å². The molecule has 0 aliphatic carbocycles. The number of benzene rings is 2. The first-order valence-electron chi connectivity index (χ1n) is 8.94. The van der Waals surface area contributed by atoms with Crippen LogP contribution in [0.1, 0.15) is 17.3 Å². The topological polar surface area (TPSA) is 43.9 Å². The molecule has 0 N–H and O–H groups in total. The van der Waals surface area contributed by atoms with Crippen molar-refractivity contribution in [3.8, 4) is 0 Å². The second-order valence-electron chi connectivity index (χ2n) is 6.74. The van der Waals surface area contributed by atoms with Gasteiger partial charge in [-0.2, -0.15) is 0 Å². The van der Waals surface area contributed by atoms with Gasteiger partial charge in [0, 0.05) is 50.0 Å². The Labute approximate surface area is 154 Å². The molecule has 0 saturated carbocycles. The summed E-state index contributed by atoms with van der Waals surface area (Å²) in [7, 11) is 2.10. The molecule has 1 amide bonds. The maximum Gasteiger partial charge on any atom is 0.228 e. The quantitative estimate of drug-likeness (QED) is 0.777. The number of carbonyl (C=O) groups excluding carboxylic acids is 2. The molecule has 0 radical (unpaired) electrons. The summed E-state index contributed by atoms with van der Waals surface area (Å²) in [5.41, 5.74) is 2.26. The SMILES string of the molecule is CC(=O)N(c1ccccc1)c1ccc(C(=O)CN2CCN(C)CC2)cc1. The molecule has 1 fully saturated rings. The molecule has 0 atom stereocenters. The van der Waals surface area contributed by atoms with Crippen molar-refractivity contribution in [2.45, 2.75) is 6.92 Å². The van der Waals surface area contributed by atoms with Crippen molar-refractivity contribution >= 4 is 23.1 Å². The molecule has 5 heteroatoms. The molecule has 0 aromatic heterocycles. The van der Waals surface area contributed by atoms with E-state index in [2.05, 4.69) is 16.8 Å². The van der Waals surface area contributed by atoms with E-state index in [1.54, 1.807) is 11.8 Å². The predicted molar refractivity (Wildman–Crippen MR) is 104 cm³/mol. The Balaban J connectivity index is 1.71. The van der Waals surface area contributed by atoms with Crippen molar-refractivity contribution in [2.75, 3.05) is 44.7 Å². The summed E-state index contributed by atoms with van der Waals surface area (Å²) in [5.74, 6) is 0.0582. The third kappa shape index (κ3) is 4.36. The van der Waals surface area contributed by atoms with Gasteiger partial charge in [-0.15, -0.1) is 0 Å². The third-order valence-electron chi connectivity index (χ3n) is 4.74. The highest BCUT2D eigenvalue weighted by molar-refractivity contribution is 6.01. The van der Waals surface area contributed by atoms with Gasteiger partial charge in [0.15, 0.2) is 5.78 Å². The zero-order valence-corrected chi connectivity index (χ0v) is 15.4. The minimum absolute atomic E-state index is 0.0623. The van der Waals surface area contributed by atoms with Crippen LogP contribution in [0.2, 0.25) is 0 Å². The Morgan fingerprint density at radius 1 is 0.885 bits per heavy atom. The summed E-state index contributed by atoms with van der Waals surface area (Å²) < 4.78 is 0. The number of ketones is 1. The Morgan fingerprint density at radius 3 is 2.04 bits per heavy atom. The molecular formula is C21H25N3O2. The second kappa shape index (κ2) is 8.25. The van der Waals surface area contributed by atoms with Crippen LogP contribution in [-0.2, 0) is 4.79 Å². The Hall–Kier alpha value is -2.50. The smallest absolute Gasteiger partial charge is 0.228 e. The van der Waals surface area contributed by atoms with Crippen LogP contribution in [-0.4, -0.2) is 61.3 Å². The number of nitrogens with zero attached hydrogens (tertiary/aromatic N) is 3. The van der Waals surface area contributed by atoms with Crippen molar-refractivity contribution in [1.82, 2.24) is 9.80 Å². The number of hydrogen-bond donors (Lipinski definition) is 0. The summed E-state index contributed by atoms with van der Waals surface area (Å²) >= 11 is 0. The normalized spacial score (nSPS) is 15.6. The minimum Gasteiger partial charge on any atom is -0.304 e. The molecule has 1 aliphatic heterocycles. The Kier molecular flexibility index (Phi) is 5.81. The number of hydrogen-bond acceptors (Lipinski definition) is 4. The molecule has 1 aliphatic rings. The van der Waals surface area contributed by atoms with Crippen LogP contribution in [0.5, 0.6) is 0 Å². The molecule has 5 nitrogen and oxygen atoms in total. The van der Waals surface area contributed by atoms with Gasteiger partial charge in [-0.3, -0.25) is 19.4 Å². The number of carbonyl (C=O) groups is 2. The number of amides is 1. The fourth-order valence-electron chi connectivity index (χ4n) is 3.19. The molecule has 0 bridgehead atoms. The minimum atomic E-state index is -0.0623. The fraction of sp³-hybridized carbons (Fsp3) is 0.333. The monoisotopic (exact) mass is 351 g/mol. The number of rotatable bonds is 5. The maximum atomic E-state index is 12.5. The van der Waals surface area contributed by atoms with Crippen LogP contribution >= 0.6 is 0 Å². The summed E-state index contributed by atoms with van der Waals surface area (Å²) in [5, 5.41) is 0. The van der Waals surface area contributed by atoms with E-state index >= 15 is 0 Å². The van der Waals surface area contributed by atoms with Crippen LogP contribution in [0.25, 0.3) is 0 Å². The Morgan fingerprint density at radius 2 is 1.46 bits per heavy atom. The first-order valence-corrected chi connectivity index (χ1v) is 8.94. The molecule has 1 heterocycles. The van der Waals surface area contributed by atoms with Gasteiger partial charge in [0.1, 0.15) is 0 Å². The van der Waals surface area contributed by atoms with Crippen LogP contribution in [0.4, 0.5) is 11.4 Å². The van der Waals surface area contributed by atoms with Gasteiger partial charge in [0.25, 0.3) is 0 Å². The number of Topliss-reactive ketones (excluding diaryl/α,β-unsaturated/α-hetero) is 1. The number of likely N-dealkylation sites (N-methyl/N-ethyl adjacent to an activating group) is 1. The van der Waals surface area contributed by atoms with E-state index in [0.29, 0.717) is 12.1 Å². The lowest BCUT2D eigenvalue weighted by Gasteiger charge is -2.31. The summed E-state index contributed by atoms with van der Waals surface area (Å²) in [4.78, 5) is 30.8. The average molecular weight is 351 g/mol. The van der Waals surface area contributed by atoms with Gasteiger partial charge in [-0.05, 0) is 43.4 Å². The molecule has 136 valence electrons. The van der Waals surface area contributed by atoms with Gasteiger partial charge >= 0.3 is 0 Å². The molecule has 2 aromatic carbocycles. The van der Waals surface area contributed by atoms with Crippen molar-refractivity contribution in [2.24, 2.45) is 0 Å². The van der Waals surface area contributed by atoms with E-state index in [9.17, 15) is 9.59 Å². The van der Waals surface area contributed by atoms with Crippen LogP contribution < -0.4 is 4.90 Å². The van der Waals surface area contributed by atoms with Gasteiger partial charge < -0.3 is 4.90 Å². The molecule has 2 aromatic rings. The highest BCUT2D eigenvalue weighted by Crippen LogP contribution is 2.25. The molecule has 3 rings (SSSR count). The molecular weight excluding hydrogens is 326 g/mol. The number of piperazine rings is 1. The van der Waals surface area contributed by atoms with Crippen molar-refractivity contribution in [3.05, 3.63) is 60.2 Å². The van der Waals surface area contributed by atoms with E-state index in [4.69, 9.17) is 0 Å². The van der Waals surface area contributed by atoms with Gasteiger partial charge in [0.05, 0.1) is 6.54 Å². The van der Waals surface area contributed by atoms with Gasteiger partial charge in [-0.1, -0.05) is 18.2 Å². The zero-order valence-electron chi connectivity index (χ0n) is 15.4. The second-order valence-corrected chi connectivity index (χ2v) is 6.74. The van der Waals surface area contributed by atoms with E-state index in [1.165, 1.54) is 0 Å². The third-order valence-corrected chi connectivity index (χ3v) is 4.74. The van der Waals surface area contributed by atoms with Crippen molar-refractivity contribution < 1.29 is 9.59 Å². The number of para-hydroxylation sites is 1. The maximum absolute atomic E-state index is 12.5. The largest absolute Gasteiger partial charge is 0.304 e. The van der Waals surface area contributed by atoms with Gasteiger partial charge in [-0.25, -0.2) is 0 Å². The van der Waals surface area contributed by atoms with Gasteiger partial charge in [0.2, 0.25) is 5.91 Å². The molecule has 0 unspecified atom stereocenters. The van der Waals surface area contributed by atoms with Crippen LogP contribution in [0.15, 0.2) is 54.6 Å². The highest BCUT2D eigenvalue weighted by atomic mass is 16.2. The molecule has 1 saturated heterocycles. The molecule has 26 heavy (non-hydrogen) atoms. The summed E-state index contributed by atoms with van der Waals surface area (Å²) in [6.45, 7) is 5.83. The average Bonchev–Trinajstić information content (AvgIpc) is 2.65. The van der Waals surface area contributed by atoms with Crippen molar-refractivity contribution in [1.29, 1.82) is 0 Å². The first-order chi connectivity index (χ1) is 12.5. The Bertz CT molecular complexity index is 751. The fourth-order valence-corrected chi connectivity index (χ4v) is 3.19. The number of anilines is 2. The van der Waals surface area contributed by atoms with E-state index in [0.717, 1.165) is 37.6 Å². The lowest BCUT2D eigenvalue weighted by atomic mass is 10.1. The highest BCUT2D eigenvalue weighted by Gasteiger charge is 2.18. The zero-order chi connectivity index (χ0) is 18.5. The lowest BCUT2D eigenvalue weighted by molar-refractivity contribution is -0.115. The van der Waals surface area contributed by atoms with Crippen LogP contribution in [0, 0.1) is 0 Å². The lowest BCUT2D eigenvalue weighted by Crippen LogP contribution is -2.46. The first kappa shape index (κ1) is 18.3. The molecule has 0 spiro atoms. The summed E-state index contributed by atoms with van der Waals surface area (Å²) in [6, 6.07) is 16.8. The summed E-state index contributed by atoms with van der Waals surface area (Å²) in [6.07, 6.45) is 0. The van der Waals surface area contributed by atoms with Crippen LogP contribution in [0.3, 0.4) is 0 Å². The predicted octanol–water partition coefficient (Wildman–Crippen LogP) is 2.80.